The molecule has 0 aromatic rings. The van der Waals surface area contributed by atoms with E-state index < -0.39 is 5.41 Å². The Morgan fingerprint density at radius 2 is 2.06 bits per heavy atom. The standard InChI is InChI=1S/C11H17N3O2/c1-2-7(12)8-13-9(15)11(10(16)14-8)5-3-4-6-11/h7H,2-6,12H2,1H3,(H,13,14,15,16). The van der Waals surface area contributed by atoms with Gasteiger partial charge in [0, 0.05) is 0 Å². The highest BCUT2D eigenvalue weighted by Gasteiger charge is 2.50. The minimum absolute atomic E-state index is 0.205. The quantitative estimate of drug-likeness (QED) is 0.662. The van der Waals surface area contributed by atoms with E-state index in [4.69, 9.17) is 5.73 Å². The summed E-state index contributed by atoms with van der Waals surface area (Å²) in [6, 6.07) is -0.355. The molecule has 2 amide bonds. The molecule has 1 aliphatic carbocycles. The van der Waals surface area contributed by atoms with Gasteiger partial charge in [-0.25, -0.2) is 0 Å². The fourth-order valence-corrected chi connectivity index (χ4v) is 2.37. The van der Waals surface area contributed by atoms with Crippen LogP contribution in [0.2, 0.25) is 0 Å². The number of hydrogen-bond donors (Lipinski definition) is 2. The molecule has 0 aromatic heterocycles. The first-order valence-electron chi connectivity index (χ1n) is 5.80. The number of amides is 2. The van der Waals surface area contributed by atoms with E-state index in [0.29, 0.717) is 25.1 Å². The van der Waals surface area contributed by atoms with Gasteiger partial charge in [0.2, 0.25) is 5.91 Å². The van der Waals surface area contributed by atoms with Gasteiger partial charge in [0.15, 0.2) is 0 Å². The van der Waals surface area contributed by atoms with Crippen LogP contribution < -0.4 is 11.1 Å². The van der Waals surface area contributed by atoms with Crippen molar-refractivity contribution in [3.63, 3.8) is 0 Å². The number of rotatable bonds is 2. The molecule has 1 unspecified atom stereocenters. The van der Waals surface area contributed by atoms with Crippen molar-refractivity contribution < 1.29 is 9.59 Å². The minimum atomic E-state index is -0.878. The normalized spacial score (nSPS) is 25.5. The van der Waals surface area contributed by atoms with Crippen molar-refractivity contribution in [3.8, 4) is 0 Å². The van der Waals surface area contributed by atoms with E-state index >= 15 is 0 Å². The highest BCUT2D eigenvalue weighted by Crippen LogP contribution is 2.40. The highest BCUT2D eigenvalue weighted by atomic mass is 16.2. The average Bonchev–Trinajstić information content (AvgIpc) is 2.75. The van der Waals surface area contributed by atoms with Crippen LogP contribution in [0.3, 0.4) is 0 Å². The molecule has 1 saturated carbocycles. The molecule has 5 heteroatoms. The maximum Gasteiger partial charge on any atom is 0.263 e. The molecule has 0 bridgehead atoms. The molecule has 16 heavy (non-hydrogen) atoms. The first kappa shape index (κ1) is 11.3. The van der Waals surface area contributed by atoms with E-state index in [9.17, 15) is 9.59 Å². The van der Waals surface area contributed by atoms with Crippen LogP contribution in [-0.4, -0.2) is 23.7 Å². The lowest BCUT2D eigenvalue weighted by Crippen LogP contribution is -2.55. The van der Waals surface area contributed by atoms with E-state index in [1.807, 2.05) is 6.92 Å². The number of aliphatic imine (C=N–C) groups is 1. The van der Waals surface area contributed by atoms with E-state index in [2.05, 4.69) is 10.3 Å². The fraction of sp³-hybridized carbons (Fsp3) is 0.727. The third kappa shape index (κ3) is 1.55. The van der Waals surface area contributed by atoms with E-state index in [-0.39, 0.29) is 17.9 Å². The van der Waals surface area contributed by atoms with Crippen molar-refractivity contribution >= 4 is 17.6 Å². The van der Waals surface area contributed by atoms with Crippen LogP contribution in [0.25, 0.3) is 0 Å². The molecule has 0 aromatic carbocycles. The monoisotopic (exact) mass is 223 g/mol. The second-order valence-electron chi connectivity index (χ2n) is 4.56. The summed E-state index contributed by atoms with van der Waals surface area (Å²) in [4.78, 5) is 27.9. The maximum atomic E-state index is 12.0. The minimum Gasteiger partial charge on any atom is -0.321 e. The summed E-state index contributed by atoms with van der Waals surface area (Å²) in [5.74, 6) is -0.174. The zero-order valence-corrected chi connectivity index (χ0v) is 9.45. The average molecular weight is 223 g/mol. The molecule has 5 nitrogen and oxygen atoms in total. The summed E-state index contributed by atoms with van der Waals surface area (Å²) in [6.07, 6.45) is 3.73. The number of nitrogens with two attached hydrogens (primary N) is 1. The van der Waals surface area contributed by atoms with Crippen LogP contribution in [0.1, 0.15) is 39.0 Å². The Morgan fingerprint density at radius 1 is 1.44 bits per heavy atom. The Hall–Kier alpha value is -1.23. The molecule has 1 aliphatic heterocycles. The smallest absolute Gasteiger partial charge is 0.263 e. The molecule has 0 saturated heterocycles. The van der Waals surface area contributed by atoms with Gasteiger partial charge in [-0.15, -0.1) is 0 Å². The second kappa shape index (κ2) is 3.97. The first-order chi connectivity index (χ1) is 7.60. The van der Waals surface area contributed by atoms with Crippen molar-refractivity contribution in [1.82, 2.24) is 5.32 Å². The summed E-state index contributed by atoms with van der Waals surface area (Å²) in [5, 5.41) is 2.70. The summed E-state index contributed by atoms with van der Waals surface area (Å²) in [5.41, 5.74) is 4.88. The zero-order valence-electron chi connectivity index (χ0n) is 9.45. The van der Waals surface area contributed by atoms with E-state index in [1.54, 1.807) is 0 Å². The molecule has 2 rings (SSSR count). The van der Waals surface area contributed by atoms with Crippen molar-refractivity contribution in [3.05, 3.63) is 0 Å². The lowest BCUT2D eigenvalue weighted by Gasteiger charge is -2.30. The third-order valence-corrected chi connectivity index (χ3v) is 3.56. The SMILES string of the molecule is CCC(N)C1=NC(=O)C2(CCCC2)C(=O)N1. The third-order valence-electron chi connectivity index (χ3n) is 3.56. The number of amidine groups is 1. The number of carbonyl (C=O) groups excluding carboxylic acids is 2. The van der Waals surface area contributed by atoms with Gasteiger partial charge in [-0.05, 0) is 19.3 Å². The van der Waals surface area contributed by atoms with Gasteiger partial charge in [0.25, 0.3) is 5.91 Å². The van der Waals surface area contributed by atoms with Crippen LogP contribution in [-0.2, 0) is 9.59 Å². The largest absolute Gasteiger partial charge is 0.321 e. The summed E-state index contributed by atoms with van der Waals surface area (Å²) >= 11 is 0. The lowest BCUT2D eigenvalue weighted by atomic mass is 9.83. The summed E-state index contributed by atoms with van der Waals surface area (Å²) in [7, 11) is 0. The van der Waals surface area contributed by atoms with Gasteiger partial charge in [0.05, 0.1) is 6.04 Å². The van der Waals surface area contributed by atoms with Gasteiger partial charge < -0.3 is 11.1 Å². The molecule has 2 aliphatic rings. The number of carbonyl (C=O) groups is 2. The number of nitrogens with zero attached hydrogens (tertiary/aromatic N) is 1. The van der Waals surface area contributed by atoms with Crippen LogP contribution in [0.5, 0.6) is 0 Å². The molecular formula is C11H17N3O2. The predicted octanol–water partition coefficient (Wildman–Crippen LogP) is 0.339. The van der Waals surface area contributed by atoms with Crippen molar-refractivity contribution in [2.24, 2.45) is 16.1 Å². The zero-order chi connectivity index (χ0) is 11.8. The Kier molecular flexibility index (Phi) is 2.80. The molecule has 1 heterocycles. The second-order valence-corrected chi connectivity index (χ2v) is 4.56. The van der Waals surface area contributed by atoms with Gasteiger partial charge in [-0.2, -0.15) is 4.99 Å². The number of hydrogen-bond acceptors (Lipinski definition) is 3. The Morgan fingerprint density at radius 3 is 2.56 bits per heavy atom. The lowest BCUT2D eigenvalue weighted by molar-refractivity contribution is -0.141. The molecule has 1 atom stereocenters. The van der Waals surface area contributed by atoms with Crippen LogP contribution in [0.4, 0.5) is 0 Å². The fourth-order valence-electron chi connectivity index (χ4n) is 2.37. The maximum absolute atomic E-state index is 12.0. The van der Waals surface area contributed by atoms with E-state index in [1.165, 1.54) is 0 Å². The Balaban J connectivity index is 2.28. The number of nitrogens with one attached hydrogen (secondary N) is 1. The van der Waals surface area contributed by atoms with Gasteiger partial charge in [-0.1, -0.05) is 19.8 Å². The van der Waals surface area contributed by atoms with Crippen LogP contribution in [0.15, 0.2) is 4.99 Å². The predicted molar refractivity (Wildman–Crippen MR) is 59.8 cm³/mol. The Labute approximate surface area is 94.5 Å². The molecule has 1 spiro atoms. The van der Waals surface area contributed by atoms with Crippen molar-refractivity contribution in [2.75, 3.05) is 0 Å². The molecule has 0 radical (unpaired) electrons. The van der Waals surface area contributed by atoms with Gasteiger partial charge in [-0.3, -0.25) is 9.59 Å². The Bertz CT molecular complexity index is 356. The van der Waals surface area contributed by atoms with Crippen molar-refractivity contribution in [2.45, 2.75) is 45.1 Å². The van der Waals surface area contributed by atoms with Gasteiger partial charge in [0.1, 0.15) is 11.3 Å². The van der Waals surface area contributed by atoms with Crippen LogP contribution >= 0.6 is 0 Å². The molecular weight excluding hydrogens is 206 g/mol. The summed E-state index contributed by atoms with van der Waals surface area (Å²) < 4.78 is 0. The highest BCUT2D eigenvalue weighted by molar-refractivity contribution is 6.19. The molecule has 88 valence electrons. The van der Waals surface area contributed by atoms with Crippen LogP contribution in [0, 0.1) is 5.41 Å². The first-order valence-corrected chi connectivity index (χ1v) is 5.80. The molecule has 1 fully saturated rings. The van der Waals surface area contributed by atoms with Crippen molar-refractivity contribution in [1.29, 1.82) is 0 Å². The summed E-state index contributed by atoms with van der Waals surface area (Å²) in [6.45, 7) is 1.89. The van der Waals surface area contributed by atoms with E-state index in [0.717, 1.165) is 12.8 Å². The molecule has 3 N–H and O–H groups in total. The van der Waals surface area contributed by atoms with Gasteiger partial charge >= 0.3 is 0 Å². The topological polar surface area (TPSA) is 84.5 Å².